The molecule has 3 nitrogen and oxygen atoms in total. The quantitative estimate of drug-likeness (QED) is 0.767. The number of phenolic OH excluding ortho intramolecular Hbond substituents is 1. The smallest absolute Gasteiger partial charge is 0.187 e. The van der Waals surface area contributed by atoms with Gasteiger partial charge in [0.05, 0.1) is 13.2 Å². The van der Waals surface area contributed by atoms with E-state index in [1.54, 1.807) is 12.1 Å². The second-order valence-corrected chi connectivity index (χ2v) is 3.37. The van der Waals surface area contributed by atoms with E-state index in [2.05, 4.69) is 0 Å². The van der Waals surface area contributed by atoms with Crippen molar-refractivity contribution in [3.63, 3.8) is 0 Å². The zero-order valence-electron chi connectivity index (χ0n) is 7.57. The van der Waals surface area contributed by atoms with Gasteiger partial charge in [0.25, 0.3) is 0 Å². The molecule has 14 heavy (non-hydrogen) atoms. The number of hydrogen-bond acceptors (Lipinski definition) is 3. The van der Waals surface area contributed by atoms with Gasteiger partial charge in [-0.15, -0.1) is 11.6 Å². The molecule has 0 radical (unpaired) electrons. The van der Waals surface area contributed by atoms with Crippen molar-refractivity contribution in [3.8, 4) is 5.75 Å². The summed E-state index contributed by atoms with van der Waals surface area (Å²) in [7, 11) is 0. The lowest BCUT2D eigenvalue weighted by atomic mass is 10.1. The normalized spacial score (nSPS) is 17.5. The zero-order chi connectivity index (χ0) is 9.97. The molecular weight excluding hydrogens is 204 g/mol. The van der Waals surface area contributed by atoms with E-state index in [4.69, 9.17) is 21.1 Å². The van der Waals surface area contributed by atoms with Gasteiger partial charge in [-0.05, 0) is 17.7 Å². The Labute approximate surface area is 87.2 Å². The van der Waals surface area contributed by atoms with Gasteiger partial charge in [-0.1, -0.05) is 6.07 Å². The summed E-state index contributed by atoms with van der Waals surface area (Å²) in [6.07, 6.45) is -0.431. The summed E-state index contributed by atoms with van der Waals surface area (Å²) >= 11 is 5.64. The summed E-state index contributed by atoms with van der Waals surface area (Å²) < 4.78 is 10.6. The number of rotatable bonds is 2. The number of benzene rings is 1. The molecule has 0 amide bonds. The zero-order valence-corrected chi connectivity index (χ0v) is 8.33. The number of aromatic hydroxyl groups is 1. The van der Waals surface area contributed by atoms with Crippen molar-refractivity contribution in [1.82, 2.24) is 0 Å². The van der Waals surface area contributed by atoms with Gasteiger partial charge < -0.3 is 14.6 Å². The summed E-state index contributed by atoms with van der Waals surface area (Å²) in [6, 6.07) is 5.27. The van der Waals surface area contributed by atoms with E-state index in [1.807, 2.05) is 6.07 Å². The van der Waals surface area contributed by atoms with Crippen molar-refractivity contribution in [3.05, 3.63) is 29.3 Å². The van der Waals surface area contributed by atoms with Crippen molar-refractivity contribution in [2.45, 2.75) is 12.2 Å². The van der Waals surface area contributed by atoms with Crippen molar-refractivity contribution in [2.24, 2.45) is 0 Å². The van der Waals surface area contributed by atoms with Gasteiger partial charge in [0, 0.05) is 11.4 Å². The number of halogens is 1. The third kappa shape index (κ3) is 1.85. The Kier molecular flexibility index (Phi) is 2.91. The fourth-order valence-corrected chi connectivity index (χ4v) is 1.58. The van der Waals surface area contributed by atoms with Crippen LogP contribution in [-0.2, 0) is 15.4 Å². The fraction of sp³-hybridized carbons (Fsp3) is 0.400. The third-order valence-electron chi connectivity index (χ3n) is 2.12. The number of hydrogen-bond donors (Lipinski definition) is 1. The summed E-state index contributed by atoms with van der Waals surface area (Å²) in [6.45, 7) is 1.14. The molecule has 0 saturated carbocycles. The van der Waals surface area contributed by atoms with Crippen molar-refractivity contribution < 1.29 is 14.6 Å². The van der Waals surface area contributed by atoms with Crippen LogP contribution in [0, 0.1) is 0 Å². The van der Waals surface area contributed by atoms with Crippen molar-refractivity contribution >= 4 is 11.6 Å². The van der Waals surface area contributed by atoms with Crippen LogP contribution < -0.4 is 0 Å². The third-order valence-corrected chi connectivity index (χ3v) is 2.43. The van der Waals surface area contributed by atoms with Crippen LogP contribution >= 0.6 is 11.6 Å². The van der Waals surface area contributed by atoms with Gasteiger partial charge in [0.15, 0.2) is 6.29 Å². The highest BCUT2D eigenvalue weighted by atomic mass is 35.5. The molecule has 0 aromatic heterocycles. The Hall–Kier alpha value is -0.770. The van der Waals surface area contributed by atoms with Crippen LogP contribution in [0.3, 0.4) is 0 Å². The first-order valence-corrected chi connectivity index (χ1v) is 4.95. The second-order valence-electron chi connectivity index (χ2n) is 3.10. The van der Waals surface area contributed by atoms with Gasteiger partial charge in [0.1, 0.15) is 5.75 Å². The Morgan fingerprint density at radius 1 is 1.36 bits per heavy atom. The minimum atomic E-state index is -0.431. The maximum atomic E-state index is 9.66. The lowest BCUT2D eigenvalue weighted by Crippen LogP contribution is -1.98. The Bertz CT molecular complexity index is 321. The van der Waals surface area contributed by atoms with Crippen molar-refractivity contribution in [2.75, 3.05) is 13.2 Å². The summed E-state index contributed by atoms with van der Waals surface area (Å²) in [5, 5.41) is 9.66. The Morgan fingerprint density at radius 2 is 2.07 bits per heavy atom. The lowest BCUT2D eigenvalue weighted by molar-refractivity contribution is -0.0454. The number of phenols is 1. The van der Waals surface area contributed by atoms with E-state index in [1.165, 1.54) is 0 Å². The van der Waals surface area contributed by atoms with Crippen LogP contribution in [0.1, 0.15) is 17.4 Å². The first-order chi connectivity index (χ1) is 6.81. The summed E-state index contributed by atoms with van der Waals surface area (Å²) in [4.78, 5) is 0. The fourth-order valence-electron chi connectivity index (χ4n) is 1.41. The summed E-state index contributed by atoms with van der Waals surface area (Å²) in [5.74, 6) is 0.565. The highest BCUT2D eigenvalue weighted by Crippen LogP contribution is 2.31. The highest BCUT2D eigenvalue weighted by molar-refractivity contribution is 6.17. The summed E-state index contributed by atoms with van der Waals surface area (Å²) in [5.41, 5.74) is 1.54. The largest absolute Gasteiger partial charge is 0.507 e. The molecule has 1 aliphatic rings. The van der Waals surface area contributed by atoms with Crippen LogP contribution in [-0.4, -0.2) is 18.3 Å². The SMILES string of the molecule is Oc1cc(CCl)ccc1C1OCCO1. The van der Waals surface area contributed by atoms with Gasteiger partial charge in [0.2, 0.25) is 0 Å². The molecular formula is C10H11ClO3. The molecule has 0 atom stereocenters. The molecule has 0 spiro atoms. The number of ether oxygens (including phenoxy) is 2. The van der Waals surface area contributed by atoms with Crippen LogP contribution in [0.4, 0.5) is 0 Å². The molecule has 0 aliphatic carbocycles. The predicted molar refractivity (Wildman–Crippen MR) is 52.3 cm³/mol. The van der Waals surface area contributed by atoms with Crippen LogP contribution in [0.2, 0.25) is 0 Å². The van der Waals surface area contributed by atoms with Gasteiger partial charge in [-0.3, -0.25) is 0 Å². The molecule has 2 rings (SSSR count). The molecule has 1 aliphatic heterocycles. The van der Waals surface area contributed by atoms with Crippen LogP contribution in [0.5, 0.6) is 5.75 Å². The Balaban J connectivity index is 2.25. The highest BCUT2D eigenvalue weighted by Gasteiger charge is 2.21. The average Bonchev–Trinajstić information content (AvgIpc) is 2.70. The molecule has 1 aromatic carbocycles. The Morgan fingerprint density at radius 3 is 2.64 bits per heavy atom. The van der Waals surface area contributed by atoms with Crippen LogP contribution in [0.25, 0.3) is 0 Å². The number of alkyl halides is 1. The molecule has 4 heteroatoms. The molecule has 1 N–H and O–H groups in total. The minimum absolute atomic E-state index is 0.176. The topological polar surface area (TPSA) is 38.7 Å². The standard InChI is InChI=1S/C10H11ClO3/c11-6-7-1-2-8(9(12)5-7)10-13-3-4-14-10/h1-2,5,10,12H,3-4,6H2. The van der Waals surface area contributed by atoms with E-state index in [-0.39, 0.29) is 5.75 Å². The average molecular weight is 215 g/mol. The first kappa shape index (κ1) is 9.77. The maximum Gasteiger partial charge on any atom is 0.187 e. The molecule has 1 saturated heterocycles. The molecule has 0 unspecified atom stereocenters. The van der Waals surface area contributed by atoms with E-state index in [0.717, 1.165) is 5.56 Å². The molecule has 1 aromatic rings. The van der Waals surface area contributed by atoms with Crippen LogP contribution in [0.15, 0.2) is 18.2 Å². The van der Waals surface area contributed by atoms with E-state index >= 15 is 0 Å². The van der Waals surface area contributed by atoms with E-state index in [9.17, 15) is 5.11 Å². The van der Waals surface area contributed by atoms with E-state index < -0.39 is 6.29 Å². The molecule has 76 valence electrons. The maximum absolute atomic E-state index is 9.66. The lowest BCUT2D eigenvalue weighted by Gasteiger charge is -2.11. The predicted octanol–water partition coefficient (Wildman–Crippen LogP) is 2.18. The van der Waals surface area contributed by atoms with E-state index in [0.29, 0.717) is 24.7 Å². The van der Waals surface area contributed by atoms with Crippen molar-refractivity contribution in [1.29, 1.82) is 0 Å². The van der Waals surface area contributed by atoms with Gasteiger partial charge in [-0.25, -0.2) is 0 Å². The molecule has 0 bridgehead atoms. The first-order valence-electron chi connectivity index (χ1n) is 4.42. The molecule has 1 heterocycles. The van der Waals surface area contributed by atoms with Gasteiger partial charge >= 0.3 is 0 Å². The molecule has 1 fully saturated rings. The second kappa shape index (κ2) is 4.17. The van der Waals surface area contributed by atoms with Gasteiger partial charge in [-0.2, -0.15) is 0 Å². The minimum Gasteiger partial charge on any atom is -0.507 e. The monoisotopic (exact) mass is 214 g/mol.